The zero-order valence-corrected chi connectivity index (χ0v) is 21.7. The van der Waals surface area contributed by atoms with Crippen LogP contribution in [0.15, 0.2) is 66.7 Å². The van der Waals surface area contributed by atoms with E-state index in [9.17, 15) is 62.6 Å². The lowest BCUT2D eigenvalue weighted by Gasteiger charge is -2.37. The maximum Gasteiger partial charge on any atom is 0.461 e. The molecule has 0 radical (unpaired) electrons. The summed E-state index contributed by atoms with van der Waals surface area (Å²) in [7, 11) is 0. The van der Waals surface area contributed by atoms with Crippen molar-refractivity contribution in [2.45, 2.75) is 43.0 Å². The molecule has 0 aliphatic rings. The minimum Gasteiger partial charge on any atom is -0.428 e. The first kappa shape index (κ1) is 34.3. The van der Waals surface area contributed by atoms with E-state index in [1.165, 1.54) is 30.3 Å². The van der Waals surface area contributed by atoms with Gasteiger partial charge < -0.3 is 20.5 Å². The molecule has 5 nitrogen and oxygen atoms in total. The topological polar surface area (TPSA) is 70.6 Å². The number of carbonyl (C=O) groups excluding carboxylic acids is 1. The van der Waals surface area contributed by atoms with Gasteiger partial charge in [-0.1, -0.05) is 36.4 Å². The molecule has 3 N–H and O–H groups in total. The highest BCUT2D eigenvalue weighted by molar-refractivity contribution is 5.76. The van der Waals surface area contributed by atoms with Gasteiger partial charge in [-0.05, 0) is 41.0 Å². The van der Waals surface area contributed by atoms with Crippen molar-refractivity contribution >= 4 is 6.03 Å². The normalized spacial score (nSPS) is 14.6. The van der Waals surface area contributed by atoms with Crippen LogP contribution in [0.5, 0.6) is 5.75 Å². The Morgan fingerprint density at radius 1 is 0.841 bits per heavy atom. The van der Waals surface area contributed by atoms with Crippen LogP contribution in [-0.2, 0) is 18.1 Å². The molecule has 3 aromatic rings. The molecule has 0 bridgehead atoms. The molecule has 0 saturated carbocycles. The van der Waals surface area contributed by atoms with E-state index in [2.05, 4.69) is 10.1 Å². The van der Waals surface area contributed by atoms with E-state index in [0.29, 0.717) is 24.3 Å². The number of aliphatic hydroxyl groups is 1. The average Bonchev–Trinajstić information content (AvgIpc) is 2.90. The number of hydrogen-bond donors (Lipinski definition) is 3. The molecule has 3 rings (SSSR count). The van der Waals surface area contributed by atoms with Gasteiger partial charge in [0.2, 0.25) is 0 Å². The smallest absolute Gasteiger partial charge is 0.428 e. The van der Waals surface area contributed by atoms with Gasteiger partial charge in [0.25, 0.3) is 0 Å². The van der Waals surface area contributed by atoms with Crippen molar-refractivity contribution in [1.82, 2.24) is 10.6 Å². The van der Waals surface area contributed by atoms with Crippen LogP contribution in [0.4, 0.5) is 57.5 Å². The zero-order chi connectivity index (χ0) is 33.1. The first-order valence-corrected chi connectivity index (χ1v) is 12.1. The number of amides is 2. The van der Waals surface area contributed by atoms with E-state index >= 15 is 0 Å². The van der Waals surface area contributed by atoms with Crippen LogP contribution in [0.25, 0.3) is 0 Å². The number of hydrogen-bond acceptors (Lipinski definition) is 3. The van der Waals surface area contributed by atoms with E-state index < -0.39 is 89.6 Å². The van der Waals surface area contributed by atoms with Crippen molar-refractivity contribution in [2.75, 3.05) is 6.54 Å². The predicted octanol–water partition coefficient (Wildman–Crippen LogP) is 6.93. The molecule has 17 heteroatoms. The second-order valence-electron chi connectivity index (χ2n) is 9.29. The second kappa shape index (κ2) is 12.8. The Morgan fingerprint density at radius 3 is 2.05 bits per heavy atom. The van der Waals surface area contributed by atoms with Gasteiger partial charge in [0.15, 0.2) is 6.10 Å². The lowest BCUT2D eigenvalue weighted by atomic mass is 9.77. The number of ether oxygens (including phenoxy) is 1. The molecule has 0 aromatic heterocycles. The highest BCUT2D eigenvalue weighted by Gasteiger charge is 2.46. The molecule has 3 aromatic carbocycles. The van der Waals surface area contributed by atoms with Crippen LogP contribution in [0.3, 0.4) is 0 Å². The molecule has 0 aliphatic heterocycles. The standard InChI is InChI=1S/C27H20F12N2O3/c28-17-8-16(9-18(11-17)44-27(38,39)22(30)31)24(12-14-4-2-1-3-5-14,41-23(43)40-13-21(42)26(35,36)37)15-6-7-20(29)19(10-15)25(32,33)34/h1-11,21-22,42H,12-13H2,(H2,40,41,43)/t21-,24+/m0/s1. The number of urea groups is 1. The van der Waals surface area contributed by atoms with Gasteiger partial charge in [0.1, 0.15) is 17.4 Å². The van der Waals surface area contributed by atoms with Gasteiger partial charge in [0, 0.05) is 12.5 Å². The van der Waals surface area contributed by atoms with Gasteiger partial charge in [-0.15, -0.1) is 0 Å². The number of nitrogens with one attached hydrogen (secondary N) is 2. The molecule has 240 valence electrons. The molecular weight excluding hydrogens is 628 g/mol. The molecule has 2 amide bonds. The fourth-order valence-corrected chi connectivity index (χ4v) is 4.08. The largest absolute Gasteiger partial charge is 0.461 e. The first-order valence-electron chi connectivity index (χ1n) is 12.1. The number of rotatable bonds is 10. The molecule has 2 atom stereocenters. The van der Waals surface area contributed by atoms with Crippen molar-refractivity contribution in [3.63, 3.8) is 0 Å². The van der Waals surface area contributed by atoms with Crippen LogP contribution in [-0.4, -0.2) is 42.5 Å². The monoisotopic (exact) mass is 648 g/mol. The summed E-state index contributed by atoms with van der Waals surface area (Å²) in [6.45, 7) is -1.48. The minimum atomic E-state index is -5.35. The highest BCUT2D eigenvalue weighted by atomic mass is 19.4. The fraction of sp³-hybridized carbons (Fsp3) is 0.296. The number of carbonyl (C=O) groups is 1. The molecule has 0 saturated heterocycles. The Morgan fingerprint density at radius 2 is 1.48 bits per heavy atom. The Hall–Kier alpha value is -4.15. The average molecular weight is 648 g/mol. The van der Waals surface area contributed by atoms with Crippen LogP contribution < -0.4 is 15.4 Å². The van der Waals surface area contributed by atoms with Gasteiger partial charge in [-0.3, -0.25) is 0 Å². The summed E-state index contributed by atoms with van der Waals surface area (Å²) >= 11 is 0. The van der Waals surface area contributed by atoms with E-state index in [-0.39, 0.29) is 17.7 Å². The molecule has 0 fully saturated rings. The van der Waals surface area contributed by atoms with Crippen LogP contribution in [0, 0.1) is 11.6 Å². The van der Waals surface area contributed by atoms with E-state index in [0.717, 1.165) is 0 Å². The molecule has 0 spiro atoms. The van der Waals surface area contributed by atoms with Gasteiger partial charge >= 0.3 is 30.9 Å². The summed E-state index contributed by atoms with van der Waals surface area (Å²) in [5.74, 6) is -4.56. The van der Waals surface area contributed by atoms with Crippen LogP contribution in [0.1, 0.15) is 22.3 Å². The van der Waals surface area contributed by atoms with Crippen molar-refractivity contribution in [1.29, 1.82) is 0 Å². The third-order valence-electron chi connectivity index (χ3n) is 6.11. The lowest BCUT2D eigenvalue weighted by molar-refractivity contribution is -0.253. The van der Waals surface area contributed by atoms with Crippen molar-refractivity contribution < 1.29 is 67.3 Å². The summed E-state index contributed by atoms with van der Waals surface area (Å²) in [4.78, 5) is 12.9. The Balaban J connectivity index is 2.30. The number of halogens is 12. The Kier molecular flexibility index (Phi) is 10.0. The van der Waals surface area contributed by atoms with Crippen molar-refractivity contribution in [2.24, 2.45) is 0 Å². The highest BCUT2D eigenvalue weighted by Crippen LogP contribution is 2.40. The summed E-state index contributed by atoms with van der Waals surface area (Å²) in [5, 5.41) is 13.0. The maximum absolute atomic E-state index is 14.8. The number of alkyl halides is 10. The second-order valence-corrected chi connectivity index (χ2v) is 9.29. The minimum absolute atomic E-state index is 0.144. The molecule has 0 heterocycles. The third-order valence-corrected chi connectivity index (χ3v) is 6.11. The lowest BCUT2D eigenvalue weighted by Crippen LogP contribution is -2.54. The van der Waals surface area contributed by atoms with E-state index in [1.54, 1.807) is 5.32 Å². The summed E-state index contributed by atoms with van der Waals surface area (Å²) in [6.07, 6.45) is -24.0. The quantitative estimate of drug-likeness (QED) is 0.209. The van der Waals surface area contributed by atoms with Crippen molar-refractivity contribution in [3.8, 4) is 5.75 Å². The Labute approximate surface area is 240 Å². The van der Waals surface area contributed by atoms with E-state index in [4.69, 9.17) is 0 Å². The molecule has 0 aliphatic carbocycles. The SMILES string of the molecule is O=C(NC[C@H](O)C(F)(F)F)N[C@@](Cc1ccccc1)(c1cc(F)cc(OC(F)(F)C(F)F)c1)c1ccc(F)c(C(F)(F)F)c1. The van der Waals surface area contributed by atoms with Gasteiger partial charge in [-0.2, -0.15) is 43.9 Å². The van der Waals surface area contributed by atoms with Gasteiger partial charge in [0.05, 0.1) is 17.6 Å². The van der Waals surface area contributed by atoms with Crippen LogP contribution in [0.2, 0.25) is 0 Å². The summed E-state index contributed by atoms with van der Waals surface area (Å²) in [6, 6.07) is 7.78. The maximum atomic E-state index is 14.8. The third kappa shape index (κ3) is 8.27. The Bertz CT molecular complexity index is 1450. The summed E-state index contributed by atoms with van der Waals surface area (Å²) in [5.41, 5.74) is -5.75. The fourth-order valence-electron chi connectivity index (χ4n) is 4.08. The number of benzene rings is 3. The molecule has 0 unspecified atom stereocenters. The molecular formula is C27H20F12N2O3. The predicted molar refractivity (Wildman–Crippen MR) is 129 cm³/mol. The first-order chi connectivity index (χ1) is 20.2. The van der Waals surface area contributed by atoms with Crippen LogP contribution >= 0.6 is 0 Å². The number of aliphatic hydroxyl groups excluding tert-OH is 1. The van der Waals surface area contributed by atoms with E-state index in [1.807, 2.05) is 0 Å². The molecule has 44 heavy (non-hydrogen) atoms. The van der Waals surface area contributed by atoms with Gasteiger partial charge in [-0.25, -0.2) is 13.6 Å². The zero-order valence-electron chi connectivity index (χ0n) is 21.7. The van der Waals surface area contributed by atoms with Crippen molar-refractivity contribution in [3.05, 3.63) is 101 Å². The summed E-state index contributed by atoms with van der Waals surface area (Å²) < 4.78 is 166.